The Hall–Kier alpha value is -6.18. The monoisotopic (exact) mass is 596 g/mol. The third kappa shape index (κ3) is 3.90. The number of fused-ring (bicyclic) bond motifs is 2. The number of furan rings is 1. The first-order chi connectivity index (χ1) is 23.3. The van der Waals surface area contributed by atoms with Crippen LogP contribution in [0.2, 0.25) is 0 Å². The number of rotatable bonds is 4. The van der Waals surface area contributed by atoms with Crippen LogP contribution in [0.25, 0.3) is 98.8 Å². The Morgan fingerprint density at radius 1 is 0.298 bits per heavy atom. The largest absolute Gasteiger partial charge is 0.456 e. The van der Waals surface area contributed by atoms with E-state index in [4.69, 9.17) is 4.42 Å². The van der Waals surface area contributed by atoms with Crippen molar-refractivity contribution in [2.45, 2.75) is 0 Å². The van der Waals surface area contributed by atoms with E-state index in [1.807, 2.05) is 0 Å². The highest BCUT2D eigenvalue weighted by Crippen LogP contribution is 2.47. The van der Waals surface area contributed by atoms with E-state index in [1.54, 1.807) is 0 Å². The normalized spacial score (nSPS) is 11.8. The van der Waals surface area contributed by atoms with Gasteiger partial charge in [-0.25, -0.2) is 0 Å². The molecule has 0 N–H and O–H groups in total. The van der Waals surface area contributed by atoms with Gasteiger partial charge in [-0.3, -0.25) is 0 Å². The predicted octanol–water partition coefficient (Wildman–Crippen LogP) is 13.2. The number of benzene rings is 9. The minimum Gasteiger partial charge on any atom is -0.456 e. The highest BCUT2D eigenvalue weighted by Gasteiger charge is 2.20. The molecule has 0 fully saturated rings. The molecule has 0 saturated heterocycles. The molecule has 0 aliphatic carbocycles. The van der Waals surface area contributed by atoms with Gasteiger partial charge in [-0.15, -0.1) is 0 Å². The molecule has 0 atom stereocenters. The molecule has 1 heterocycles. The van der Waals surface area contributed by atoms with Crippen molar-refractivity contribution < 1.29 is 4.42 Å². The maximum absolute atomic E-state index is 6.24. The van der Waals surface area contributed by atoms with Gasteiger partial charge in [0, 0.05) is 10.8 Å². The van der Waals surface area contributed by atoms with Crippen LogP contribution in [0.15, 0.2) is 174 Å². The van der Waals surface area contributed by atoms with Gasteiger partial charge in [-0.05, 0) is 95.0 Å². The van der Waals surface area contributed by atoms with E-state index in [9.17, 15) is 0 Å². The quantitative estimate of drug-likeness (QED) is 0.145. The molecule has 1 heteroatoms. The molecule has 0 amide bonds. The van der Waals surface area contributed by atoms with Crippen LogP contribution in [0, 0.1) is 0 Å². The fourth-order valence-electron chi connectivity index (χ4n) is 7.83. The summed E-state index contributed by atoms with van der Waals surface area (Å²) in [4.78, 5) is 0. The zero-order valence-corrected chi connectivity index (χ0v) is 25.6. The van der Waals surface area contributed by atoms with Gasteiger partial charge in [0.15, 0.2) is 0 Å². The molecule has 1 nitrogen and oxygen atoms in total. The van der Waals surface area contributed by atoms with Crippen LogP contribution in [0.3, 0.4) is 0 Å². The van der Waals surface area contributed by atoms with E-state index in [2.05, 4.69) is 170 Å². The van der Waals surface area contributed by atoms with Gasteiger partial charge < -0.3 is 4.42 Å². The average Bonchev–Trinajstić information content (AvgIpc) is 3.53. The minimum atomic E-state index is 0.944. The molecule has 9 aromatic carbocycles. The van der Waals surface area contributed by atoms with Crippen molar-refractivity contribution in [2.24, 2.45) is 0 Å². The van der Waals surface area contributed by atoms with Crippen LogP contribution in [-0.2, 0) is 0 Å². The van der Waals surface area contributed by atoms with E-state index in [-0.39, 0.29) is 0 Å². The van der Waals surface area contributed by atoms with Gasteiger partial charge in [0.25, 0.3) is 0 Å². The molecule has 0 spiro atoms. The first-order valence-electron chi connectivity index (χ1n) is 16.2. The molecule has 0 saturated carbocycles. The summed E-state index contributed by atoms with van der Waals surface area (Å²) >= 11 is 0. The lowest BCUT2D eigenvalue weighted by Crippen LogP contribution is -1.92. The third-order valence-electron chi connectivity index (χ3n) is 9.84. The maximum Gasteiger partial charge on any atom is 0.136 e. The average molecular weight is 597 g/mol. The van der Waals surface area contributed by atoms with Crippen molar-refractivity contribution in [3.63, 3.8) is 0 Å². The molecule has 47 heavy (non-hydrogen) atoms. The lowest BCUT2D eigenvalue weighted by molar-refractivity contribution is 0.669. The molecule has 0 radical (unpaired) electrons. The van der Waals surface area contributed by atoms with Crippen LogP contribution < -0.4 is 0 Å². The van der Waals surface area contributed by atoms with Crippen molar-refractivity contribution in [2.75, 3.05) is 0 Å². The fraction of sp³-hybridized carbons (Fsp3) is 0. The maximum atomic E-state index is 6.24. The second-order valence-corrected chi connectivity index (χ2v) is 12.4. The Labute approximate surface area is 272 Å². The topological polar surface area (TPSA) is 13.1 Å². The first kappa shape index (κ1) is 26.1. The van der Waals surface area contributed by atoms with Gasteiger partial charge in [-0.1, -0.05) is 152 Å². The van der Waals surface area contributed by atoms with E-state index < -0.39 is 0 Å². The Bertz CT molecular complexity index is 2710. The molecular weight excluding hydrogens is 569 g/mol. The zero-order valence-electron chi connectivity index (χ0n) is 25.6. The SMILES string of the molecule is c1ccc(-c2ccccc2-c2c3ccccc3c(-c3ccc(-c4cc5cccc6oc7cccc4c7c56)cc3)c3ccccc23)cc1. The number of hydrogen-bond donors (Lipinski definition) is 0. The van der Waals surface area contributed by atoms with Crippen molar-refractivity contribution >= 4 is 54.3 Å². The van der Waals surface area contributed by atoms with E-state index in [0.717, 1.165) is 11.2 Å². The van der Waals surface area contributed by atoms with Gasteiger partial charge in [0.1, 0.15) is 11.2 Å². The molecule has 0 unspecified atom stereocenters. The van der Waals surface area contributed by atoms with E-state index >= 15 is 0 Å². The van der Waals surface area contributed by atoms with E-state index in [0.29, 0.717) is 0 Å². The highest BCUT2D eigenvalue weighted by atomic mass is 16.3. The summed E-state index contributed by atoms with van der Waals surface area (Å²) in [6, 6.07) is 61.6. The highest BCUT2D eigenvalue weighted by molar-refractivity contribution is 6.25. The van der Waals surface area contributed by atoms with Crippen LogP contribution >= 0.6 is 0 Å². The predicted molar refractivity (Wildman–Crippen MR) is 199 cm³/mol. The molecule has 10 aromatic rings. The minimum absolute atomic E-state index is 0.944. The second-order valence-electron chi connectivity index (χ2n) is 12.4. The molecule has 10 rings (SSSR count). The molecule has 0 aliphatic rings. The molecule has 218 valence electrons. The lowest BCUT2D eigenvalue weighted by Gasteiger charge is -2.20. The number of hydrogen-bond acceptors (Lipinski definition) is 1. The van der Waals surface area contributed by atoms with Crippen LogP contribution in [0.5, 0.6) is 0 Å². The Balaban J connectivity index is 1.19. The summed E-state index contributed by atoms with van der Waals surface area (Å²) < 4.78 is 6.24. The summed E-state index contributed by atoms with van der Waals surface area (Å²) in [5, 5.41) is 9.90. The van der Waals surface area contributed by atoms with Gasteiger partial charge in [0.05, 0.1) is 0 Å². The summed E-state index contributed by atoms with van der Waals surface area (Å²) in [5.74, 6) is 0. The fourth-order valence-corrected chi connectivity index (χ4v) is 7.83. The zero-order chi connectivity index (χ0) is 30.9. The summed E-state index contributed by atoms with van der Waals surface area (Å²) in [7, 11) is 0. The third-order valence-corrected chi connectivity index (χ3v) is 9.84. The molecule has 1 aromatic heterocycles. The first-order valence-corrected chi connectivity index (χ1v) is 16.2. The lowest BCUT2D eigenvalue weighted by atomic mass is 9.83. The van der Waals surface area contributed by atoms with Crippen molar-refractivity contribution in [1.82, 2.24) is 0 Å². The van der Waals surface area contributed by atoms with Crippen LogP contribution in [-0.4, -0.2) is 0 Å². The standard InChI is InChI=1S/C46H28O/c1-2-12-29(13-3-1)33-15-4-5-16-34(33)45-37-19-8-6-17-35(37)43(36-18-7-9-20-38(36)45)31-26-24-30(25-27-31)40-28-32-14-10-22-41-44(32)46-39(40)21-11-23-42(46)47-41/h1-28H. The van der Waals surface area contributed by atoms with Crippen molar-refractivity contribution in [3.05, 3.63) is 170 Å². The van der Waals surface area contributed by atoms with Crippen molar-refractivity contribution in [1.29, 1.82) is 0 Å². The molecule has 0 bridgehead atoms. The smallest absolute Gasteiger partial charge is 0.136 e. The molecule has 0 aliphatic heterocycles. The van der Waals surface area contributed by atoms with E-state index in [1.165, 1.54) is 87.6 Å². The Morgan fingerprint density at radius 3 is 1.51 bits per heavy atom. The van der Waals surface area contributed by atoms with Gasteiger partial charge >= 0.3 is 0 Å². The Morgan fingerprint density at radius 2 is 0.809 bits per heavy atom. The molecular formula is C46H28O. The Kier molecular flexibility index (Phi) is 5.64. The van der Waals surface area contributed by atoms with Gasteiger partial charge in [0.2, 0.25) is 0 Å². The summed E-state index contributed by atoms with van der Waals surface area (Å²) in [6.45, 7) is 0. The summed E-state index contributed by atoms with van der Waals surface area (Å²) in [6.07, 6.45) is 0. The van der Waals surface area contributed by atoms with Crippen LogP contribution in [0.4, 0.5) is 0 Å². The van der Waals surface area contributed by atoms with Gasteiger partial charge in [-0.2, -0.15) is 0 Å². The second kappa shape index (κ2) is 10.2. The summed E-state index contributed by atoms with van der Waals surface area (Å²) in [5.41, 5.74) is 11.8. The van der Waals surface area contributed by atoms with Crippen molar-refractivity contribution in [3.8, 4) is 44.5 Å². The van der Waals surface area contributed by atoms with Crippen LogP contribution in [0.1, 0.15) is 0 Å².